The van der Waals surface area contributed by atoms with E-state index < -0.39 is 0 Å². The van der Waals surface area contributed by atoms with Gasteiger partial charge in [-0.1, -0.05) is 18.5 Å². The molecule has 0 aliphatic rings. The molecule has 20 heavy (non-hydrogen) atoms. The summed E-state index contributed by atoms with van der Waals surface area (Å²) in [6, 6.07) is 12.3. The van der Waals surface area contributed by atoms with Gasteiger partial charge in [0.15, 0.2) is 0 Å². The Kier molecular flexibility index (Phi) is 3.90. The molecule has 1 aromatic carbocycles. The van der Waals surface area contributed by atoms with Gasteiger partial charge in [0.2, 0.25) is 0 Å². The predicted molar refractivity (Wildman–Crippen MR) is 87.8 cm³/mol. The van der Waals surface area contributed by atoms with Gasteiger partial charge in [0.1, 0.15) is 0 Å². The third kappa shape index (κ3) is 2.65. The number of fused-ring (bicyclic) bond motifs is 1. The Labute approximate surface area is 127 Å². The summed E-state index contributed by atoms with van der Waals surface area (Å²) in [4.78, 5) is 7.11. The van der Waals surface area contributed by atoms with Crippen LogP contribution in [-0.2, 0) is 13.0 Å². The second-order valence-electron chi connectivity index (χ2n) is 4.57. The molecule has 3 rings (SSSR count). The SMILES string of the molecule is CCc1ccc(CNc2ccc(Cl)c3ncccc23)s1. The van der Waals surface area contributed by atoms with Crippen LogP contribution in [0.25, 0.3) is 10.9 Å². The first kappa shape index (κ1) is 13.4. The number of rotatable bonds is 4. The number of nitrogens with one attached hydrogen (secondary N) is 1. The van der Waals surface area contributed by atoms with Crippen molar-refractivity contribution in [2.24, 2.45) is 0 Å². The summed E-state index contributed by atoms with van der Waals surface area (Å²) in [5.74, 6) is 0. The van der Waals surface area contributed by atoms with Gasteiger partial charge in [0.25, 0.3) is 0 Å². The summed E-state index contributed by atoms with van der Waals surface area (Å²) < 4.78 is 0. The average molecular weight is 303 g/mol. The molecule has 1 N–H and O–H groups in total. The Hall–Kier alpha value is -1.58. The Morgan fingerprint density at radius 3 is 2.80 bits per heavy atom. The fraction of sp³-hybridized carbons (Fsp3) is 0.188. The summed E-state index contributed by atoms with van der Waals surface area (Å²) >= 11 is 8.04. The molecule has 0 fully saturated rings. The second-order valence-corrected chi connectivity index (χ2v) is 6.23. The molecular weight excluding hydrogens is 288 g/mol. The van der Waals surface area contributed by atoms with Crippen LogP contribution in [0.4, 0.5) is 5.69 Å². The van der Waals surface area contributed by atoms with Crippen LogP contribution in [0.3, 0.4) is 0 Å². The molecule has 4 heteroatoms. The molecule has 3 aromatic rings. The molecule has 0 amide bonds. The number of hydrogen-bond acceptors (Lipinski definition) is 3. The lowest BCUT2D eigenvalue weighted by Gasteiger charge is -2.09. The summed E-state index contributed by atoms with van der Waals surface area (Å²) in [5, 5.41) is 5.23. The van der Waals surface area contributed by atoms with Crippen molar-refractivity contribution in [2.45, 2.75) is 19.9 Å². The number of aryl methyl sites for hydroxylation is 1. The van der Waals surface area contributed by atoms with Gasteiger partial charge < -0.3 is 5.32 Å². The van der Waals surface area contributed by atoms with Crippen molar-refractivity contribution in [2.75, 3.05) is 5.32 Å². The molecule has 2 aromatic heterocycles. The van der Waals surface area contributed by atoms with E-state index in [-0.39, 0.29) is 0 Å². The van der Waals surface area contributed by atoms with Crippen LogP contribution in [0.15, 0.2) is 42.6 Å². The van der Waals surface area contributed by atoms with E-state index in [1.807, 2.05) is 35.6 Å². The zero-order valence-electron chi connectivity index (χ0n) is 11.2. The van der Waals surface area contributed by atoms with Crippen molar-refractivity contribution < 1.29 is 0 Å². The van der Waals surface area contributed by atoms with Gasteiger partial charge in [0, 0.05) is 33.6 Å². The van der Waals surface area contributed by atoms with E-state index in [9.17, 15) is 0 Å². The molecule has 0 spiro atoms. The minimum Gasteiger partial charge on any atom is -0.380 e. The number of pyridine rings is 1. The third-order valence-corrected chi connectivity index (χ3v) is 4.77. The zero-order chi connectivity index (χ0) is 13.9. The van der Waals surface area contributed by atoms with Gasteiger partial charge in [-0.2, -0.15) is 0 Å². The Morgan fingerprint density at radius 2 is 2.00 bits per heavy atom. The second kappa shape index (κ2) is 5.81. The van der Waals surface area contributed by atoms with Crippen molar-refractivity contribution in [1.29, 1.82) is 0 Å². The number of anilines is 1. The van der Waals surface area contributed by atoms with E-state index >= 15 is 0 Å². The molecule has 0 aliphatic heterocycles. The lowest BCUT2D eigenvalue weighted by molar-refractivity contribution is 1.19. The Morgan fingerprint density at radius 1 is 1.15 bits per heavy atom. The van der Waals surface area contributed by atoms with Crippen LogP contribution < -0.4 is 5.32 Å². The third-order valence-electron chi connectivity index (χ3n) is 3.24. The molecule has 0 saturated heterocycles. The number of benzene rings is 1. The van der Waals surface area contributed by atoms with Crippen molar-refractivity contribution in [3.05, 3.63) is 57.4 Å². The van der Waals surface area contributed by atoms with Gasteiger partial charge >= 0.3 is 0 Å². The van der Waals surface area contributed by atoms with Gasteiger partial charge in [-0.15, -0.1) is 11.3 Å². The molecular formula is C16H15ClN2S. The van der Waals surface area contributed by atoms with E-state index in [0.717, 1.165) is 29.6 Å². The van der Waals surface area contributed by atoms with Gasteiger partial charge in [-0.3, -0.25) is 4.98 Å². The maximum atomic E-state index is 6.18. The topological polar surface area (TPSA) is 24.9 Å². The number of nitrogens with zero attached hydrogens (tertiary/aromatic N) is 1. The van der Waals surface area contributed by atoms with E-state index in [2.05, 4.69) is 29.4 Å². The smallest absolute Gasteiger partial charge is 0.0908 e. The first-order chi connectivity index (χ1) is 9.78. The quantitative estimate of drug-likeness (QED) is 0.723. The summed E-state index contributed by atoms with van der Waals surface area (Å²) in [5.41, 5.74) is 1.92. The van der Waals surface area contributed by atoms with E-state index in [0.29, 0.717) is 5.02 Å². The summed E-state index contributed by atoms with van der Waals surface area (Å²) in [7, 11) is 0. The fourth-order valence-corrected chi connectivity index (χ4v) is 3.29. The predicted octanol–water partition coefficient (Wildman–Crippen LogP) is 5.12. The van der Waals surface area contributed by atoms with Crippen molar-refractivity contribution in [1.82, 2.24) is 4.98 Å². The molecule has 0 bridgehead atoms. The molecule has 102 valence electrons. The van der Waals surface area contributed by atoms with Crippen molar-refractivity contribution >= 4 is 39.5 Å². The highest BCUT2D eigenvalue weighted by atomic mass is 35.5. The number of halogens is 1. The standard InChI is InChI=1S/C16H15ClN2S/c1-2-11-5-6-12(20-11)10-19-15-8-7-14(17)16-13(15)4-3-9-18-16/h3-9,19H,2,10H2,1H3. The average Bonchev–Trinajstić information content (AvgIpc) is 2.95. The molecule has 0 saturated carbocycles. The normalized spacial score (nSPS) is 10.9. The van der Waals surface area contributed by atoms with Crippen LogP contribution in [-0.4, -0.2) is 4.98 Å². The Bertz CT molecular complexity index is 736. The van der Waals surface area contributed by atoms with Crippen molar-refractivity contribution in [3.63, 3.8) is 0 Å². The molecule has 0 aliphatic carbocycles. The highest BCUT2D eigenvalue weighted by Gasteiger charge is 2.06. The Balaban J connectivity index is 1.86. The molecule has 2 heterocycles. The highest BCUT2D eigenvalue weighted by molar-refractivity contribution is 7.12. The molecule has 2 nitrogen and oxygen atoms in total. The minimum atomic E-state index is 0.690. The van der Waals surface area contributed by atoms with Crippen molar-refractivity contribution in [3.8, 4) is 0 Å². The zero-order valence-corrected chi connectivity index (χ0v) is 12.8. The number of thiophene rings is 1. The number of hydrogen-bond donors (Lipinski definition) is 1. The van der Waals surface area contributed by atoms with Crippen LogP contribution in [0.2, 0.25) is 5.02 Å². The lowest BCUT2D eigenvalue weighted by atomic mass is 10.2. The first-order valence-electron chi connectivity index (χ1n) is 6.62. The van der Waals surface area contributed by atoms with Crippen LogP contribution >= 0.6 is 22.9 Å². The largest absolute Gasteiger partial charge is 0.380 e. The van der Waals surface area contributed by atoms with Gasteiger partial charge in [-0.05, 0) is 42.8 Å². The van der Waals surface area contributed by atoms with Gasteiger partial charge in [-0.25, -0.2) is 0 Å². The van der Waals surface area contributed by atoms with Crippen LogP contribution in [0.1, 0.15) is 16.7 Å². The van der Waals surface area contributed by atoms with Gasteiger partial charge in [0.05, 0.1) is 10.5 Å². The maximum Gasteiger partial charge on any atom is 0.0908 e. The first-order valence-corrected chi connectivity index (χ1v) is 7.82. The summed E-state index contributed by atoms with van der Waals surface area (Å²) in [6.45, 7) is 3.01. The minimum absolute atomic E-state index is 0.690. The lowest BCUT2D eigenvalue weighted by Crippen LogP contribution is -1.98. The summed E-state index contributed by atoms with van der Waals surface area (Å²) in [6.07, 6.45) is 2.86. The van der Waals surface area contributed by atoms with E-state index in [1.54, 1.807) is 6.20 Å². The molecule has 0 radical (unpaired) electrons. The van der Waals surface area contributed by atoms with Crippen LogP contribution in [0, 0.1) is 0 Å². The number of aromatic nitrogens is 1. The monoisotopic (exact) mass is 302 g/mol. The van der Waals surface area contributed by atoms with E-state index in [1.165, 1.54) is 9.75 Å². The molecule has 0 unspecified atom stereocenters. The fourth-order valence-electron chi connectivity index (χ4n) is 2.18. The molecule has 0 atom stereocenters. The maximum absolute atomic E-state index is 6.18. The highest BCUT2D eigenvalue weighted by Crippen LogP contribution is 2.28. The van der Waals surface area contributed by atoms with Crippen LogP contribution in [0.5, 0.6) is 0 Å². The van der Waals surface area contributed by atoms with E-state index in [4.69, 9.17) is 11.6 Å².